The lowest BCUT2D eigenvalue weighted by atomic mass is 10.3. The number of imidazole rings is 1. The van der Waals surface area contributed by atoms with Crippen molar-refractivity contribution in [3.8, 4) is 0 Å². The number of carbonyl (C=O) groups excluding carboxylic acids is 1. The van der Waals surface area contributed by atoms with E-state index in [1.165, 1.54) is 0 Å². The summed E-state index contributed by atoms with van der Waals surface area (Å²) in [6, 6.07) is 1.88. The molecule has 1 N–H and O–H groups in total. The Morgan fingerprint density at radius 2 is 2.35 bits per heavy atom. The Morgan fingerprint density at radius 3 is 3.10 bits per heavy atom. The fraction of sp³-hybridized carbons (Fsp3) is 0.462. The molecule has 2 aromatic rings. The molecule has 108 valence electrons. The second kappa shape index (κ2) is 6.81. The zero-order valence-electron chi connectivity index (χ0n) is 11.4. The van der Waals surface area contributed by atoms with Crippen molar-refractivity contribution < 1.29 is 14.3 Å². The molecule has 0 saturated heterocycles. The van der Waals surface area contributed by atoms with E-state index in [-0.39, 0.29) is 5.97 Å². The van der Waals surface area contributed by atoms with E-state index in [0.29, 0.717) is 30.9 Å². The average Bonchev–Trinajstić information content (AvgIpc) is 2.82. The molecule has 0 aliphatic carbocycles. The van der Waals surface area contributed by atoms with Crippen LogP contribution in [0.4, 0.5) is 0 Å². The Kier molecular flexibility index (Phi) is 5.08. The highest BCUT2D eigenvalue weighted by molar-refractivity contribution is 9.10. The van der Waals surface area contributed by atoms with Crippen LogP contribution in [0.15, 0.2) is 16.7 Å². The Morgan fingerprint density at radius 1 is 1.55 bits per heavy atom. The molecule has 2 heterocycles. The number of H-pyrrole nitrogens is 1. The molecule has 0 radical (unpaired) electrons. The summed E-state index contributed by atoms with van der Waals surface area (Å²) in [4.78, 5) is 23.2. The monoisotopic (exact) mass is 341 g/mol. The van der Waals surface area contributed by atoms with Crippen LogP contribution in [0.1, 0.15) is 31.7 Å². The highest BCUT2D eigenvalue weighted by Crippen LogP contribution is 2.20. The molecule has 0 aromatic carbocycles. The number of rotatable bonds is 6. The number of halogens is 1. The van der Waals surface area contributed by atoms with Gasteiger partial charge in [0.25, 0.3) is 0 Å². The molecule has 0 unspecified atom stereocenters. The first kappa shape index (κ1) is 14.9. The van der Waals surface area contributed by atoms with E-state index in [1.54, 1.807) is 20.2 Å². The van der Waals surface area contributed by atoms with Gasteiger partial charge >= 0.3 is 5.97 Å². The summed E-state index contributed by atoms with van der Waals surface area (Å²) in [6.07, 6.45) is 2.23. The number of aromatic amines is 1. The summed E-state index contributed by atoms with van der Waals surface area (Å²) in [5, 5.41) is 0. The Labute approximate surface area is 125 Å². The van der Waals surface area contributed by atoms with Gasteiger partial charge in [-0.2, -0.15) is 0 Å². The molecule has 0 amide bonds. The van der Waals surface area contributed by atoms with Gasteiger partial charge in [0, 0.05) is 30.8 Å². The number of pyridine rings is 1. The number of carbonyl (C=O) groups is 1. The van der Waals surface area contributed by atoms with Crippen LogP contribution in [0.5, 0.6) is 0 Å². The van der Waals surface area contributed by atoms with E-state index < -0.39 is 6.10 Å². The predicted octanol–water partition coefficient (Wildman–Crippen LogP) is 2.75. The molecular weight excluding hydrogens is 326 g/mol. The third kappa shape index (κ3) is 3.77. The summed E-state index contributed by atoms with van der Waals surface area (Å²) < 4.78 is 11.1. The second-order valence-corrected chi connectivity index (χ2v) is 5.29. The van der Waals surface area contributed by atoms with Crippen molar-refractivity contribution in [2.45, 2.75) is 25.9 Å². The molecule has 6 nitrogen and oxygen atoms in total. The van der Waals surface area contributed by atoms with E-state index in [4.69, 9.17) is 9.47 Å². The van der Waals surface area contributed by atoms with E-state index in [9.17, 15) is 4.79 Å². The van der Waals surface area contributed by atoms with Gasteiger partial charge in [0.15, 0.2) is 11.8 Å². The normalized spacial score (nSPS) is 12.6. The van der Waals surface area contributed by atoms with Gasteiger partial charge in [-0.15, -0.1) is 0 Å². The van der Waals surface area contributed by atoms with Crippen molar-refractivity contribution in [1.29, 1.82) is 0 Å². The smallest absolute Gasteiger partial charge is 0.306 e. The van der Waals surface area contributed by atoms with Crippen LogP contribution < -0.4 is 0 Å². The van der Waals surface area contributed by atoms with Gasteiger partial charge in [0.05, 0.1) is 5.52 Å². The SMILES string of the molecule is COCCCC(=O)O[C@H](C)c1nc2ncc(Br)cc2[nH]1. The third-order valence-corrected chi connectivity index (χ3v) is 3.18. The molecule has 20 heavy (non-hydrogen) atoms. The van der Waals surface area contributed by atoms with Gasteiger partial charge in [-0.3, -0.25) is 4.79 Å². The number of hydrogen-bond donors (Lipinski definition) is 1. The number of hydrogen-bond acceptors (Lipinski definition) is 5. The quantitative estimate of drug-likeness (QED) is 0.645. The first-order valence-corrected chi connectivity index (χ1v) is 7.09. The lowest BCUT2D eigenvalue weighted by Gasteiger charge is -2.10. The number of nitrogens with zero attached hydrogens (tertiary/aromatic N) is 2. The molecule has 0 aliphatic heterocycles. The maximum Gasteiger partial charge on any atom is 0.306 e. The number of ether oxygens (including phenoxy) is 2. The summed E-state index contributed by atoms with van der Waals surface area (Å²) >= 11 is 3.35. The van der Waals surface area contributed by atoms with Crippen LogP contribution in [0, 0.1) is 0 Å². The second-order valence-electron chi connectivity index (χ2n) is 4.38. The summed E-state index contributed by atoms with van der Waals surface area (Å²) in [5.74, 6) is 0.329. The van der Waals surface area contributed by atoms with Crippen molar-refractivity contribution in [3.05, 3.63) is 22.6 Å². The third-order valence-electron chi connectivity index (χ3n) is 2.75. The van der Waals surface area contributed by atoms with Crippen LogP contribution in [-0.4, -0.2) is 34.6 Å². The van der Waals surface area contributed by atoms with Gasteiger partial charge < -0.3 is 14.5 Å². The van der Waals surface area contributed by atoms with E-state index in [1.807, 2.05) is 6.07 Å². The fourth-order valence-electron chi connectivity index (χ4n) is 1.76. The minimum absolute atomic E-state index is 0.260. The van der Waals surface area contributed by atoms with Crippen molar-refractivity contribution in [2.24, 2.45) is 0 Å². The van der Waals surface area contributed by atoms with Gasteiger partial charge in [-0.1, -0.05) is 0 Å². The molecule has 1 atom stereocenters. The molecule has 0 spiro atoms. The topological polar surface area (TPSA) is 77.1 Å². The van der Waals surface area contributed by atoms with Gasteiger partial charge in [0.2, 0.25) is 0 Å². The van der Waals surface area contributed by atoms with E-state index in [2.05, 4.69) is 30.9 Å². The first-order chi connectivity index (χ1) is 9.60. The maximum atomic E-state index is 11.6. The number of methoxy groups -OCH3 is 1. The lowest BCUT2D eigenvalue weighted by Crippen LogP contribution is -2.10. The van der Waals surface area contributed by atoms with Gasteiger partial charge in [-0.25, -0.2) is 9.97 Å². The fourth-order valence-corrected chi connectivity index (χ4v) is 2.09. The van der Waals surface area contributed by atoms with Gasteiger partial charge in [0.1, 0.15) is 5.82 Å². The maximum absolute atomic E-state index is 11.6. The average molecular weight is 342 g/mol. The largest absolute Gasteiger partial charge is 0.454 e. The van der Waals surface area contributed by atoms with Crippen LogP contribution >= 0.6 is 15.9 Å². The van der Waals surface area contributed by atoms with E-state index >= 15 is 0 Å². The zero-order chi connectivity index (χ0) is 14.5. The highest BCUT2D eigenvalue weighted by Gasteiger charge is 2.16. The predicted molar refractivity (Wildman–Crippen MR) is 77.2 cm³/mol. The summed E-state index contributed by atoms with van der Waals surface area (Å²) in [5.41, 5.74) is 1.40. The Bertz CT molecular complexity index is 600. The van der Waals surface area contributed by atoms with E-state index in [0.717, 1.165) is 9.99 Å². The van der Waals surface area contributed by atoms with Gasteiger partial charge in [-0.05, 0) is 35.3 Å². The number of aromatic nitrogens is 3. The van der Waals surface area contributed by atoms with Crippen LogP contribution in [-0.2, 0) is 14.3 Å². The molecular formula is C13H16BrN3O3. The molecule has 7 heteroatoms. The van der Waals surface area contributed by atoms with Crippen LogP contribution in [0.2, 0.25) is 0 Å². The first-order valence-electron chi connectivity index (χ1n) is 6.29. The Hall–Kier alpha value is -1.47. The molecule has 0 aliphatic rings. The lowest BCUT2D eigenvalue weighted by molar-refractivity contribution is -0.149. The molecule has 2 rings (SSSR count). The summed E-state index contributed by atoms with van der Waals surface area (Å²) in [7, 11) is 1.60. The molecule has 0 fully saturated rings. The molecule has 0 bridgehead atoms. The molecule has 2 aromatic heterocycles. The van der Waals surface area contributed by atoms with Crippen LogP contribution in [0.25, 0.3) is 11.2 Å². The number of fused-ring (bicyclic) bond motifs is 1. The van der Waals surface area contributed by atoms with Crippen LogP contribution in [0.3, 0.4) is 0 Å². The number of esters is 1. The van der Waals surface area contributed by atoms with Crippen molar-refractivity contribution in [3.63, 3.8) is 0 Å². The highest BCUT2D eigenvalue weighted by atomic mass is 79.9. The van der Waals surface area contributed by atoms with Crippen molar-refractivity contribution in [2.75, 3.05) is 13.7 Å². The van der Waals surface area contributed by atoms with Crippen molar-refractivity contribution in [1.82, 2.24) is 15.0 Å². The Balaban J connectivity index is 2.00. The van der Waals surface area contributed by atoms with Crippen molar-refractivity contribution >= 4 is 33.1 Å². The minimum Gasteiger partial charge on any atom is -0.454 e. The standard InChI is InChI=1S/C13H16BrN3O3/c1-8(20-11(18)4-3-5-19-2)12-16-10-6-9(14)7-15-13(10)17-12/h6-8H,3-5H2,1-2H3,(H,15,16,17)/t8-/m1/s1. The number of nitrogens with one attached hydrogen (secondary N) is 1. The molecule has 0 saturated carbocycles. The summed E-state index contributed by atoms with van der Waals surface area (Å²) in [6.45, 7) is 2.33. The zero-order valence-corrected chi connectivity index (χ0v) is 12.9. The minimum atomic E-state index is -0.432.